The monoisotopic (exact) mass is 240 g/mol. The summed E-state index contributed by atoms with van der Waals surface area (Å²) in [4.78, 5) is 2.66. The lowest BCUT2D eigenvalue weighted by atomic mass is 9.85. The summed E-state index contributed by atoms with van der Waals surface area (Å²) in [5.41, 5.74) is 0. The molecule has 2 atom stereocenters. The number of likely N-dealkylation sites (N-methyl/N-ethyl adjacent to an activating group) is 1. The van der Waals surface area contributed by atoms with Gasteiger partial charge >= 0.3 is 0 Å². The van der Waals surface area contributed by atoms with Gasteiger partial charge < -0.3 is 14.8 Å². The van der Waals surface area contributed by atoms with E-state index in [4.69, 9.17) is 9.47 Å². The second-order valence-corrected chi connectivity index (χ2v) is 5.56. The van der Waals surface area contributed by atoms with Crippen LogP contribution in [0, 0.1) is 0 Å². The number of hydrogen-bond acceptors (Lipinski definition) is 4. The Morgan fingerprint density at radius 1 is 1.18 bits per heavy atom. The molecule has 98 valence electrons. The maximum atomic E-state index is 5.84. The first-order chi connectivity index (χ1) is 8.33. The summed E-state index contributed by atoms with van der Waals surface area (Å²) in [5.74, 6) is -0.260. The minimum absolute atomic E-state index is 0.260. The fourth-order valence-corrected chi connectivity index (χ4v) is 3.71. The van der Waals surface area contributed by atoms with Gasteiger partial charge in [0.05, 0.1) is 13.2 Å². The molecule has 1 saturated carbocycles. The third-order valence-corrected chi connectivity index (χ3v) is 4.61. The molecule has 17 heavy (non-hydrogen) atoms. The molecule has 3 rings (SSSR count). The van der Waals surface area contributed by atoms with Gasteiger partial charge in [-0.15, -0.1) is 0 Å². The lowest BCUT2D eigenvalue weighted by Gasteiger charge is -2.44. The Labute approximate surface area is 104 Å². The summed E-state index contributed by atoms with van der Waals surface area (Å²) in [7, 11) is 2.07. The molecule has 4 heteroatoms. The summed E-state index contributed by atoms with van der Waals surface area (Å²) in [6.45, 7) is 4.09. The standard InChI is InChI=1S/C13H24N2O2/c1-14-11-10-13(16-8-9-17-13)5-4-12(11)15-6-2-3-7-15/h11-12,14H,2-10H2,1H3/t11-,12-/m1/s1. The van der Waals surface area contributed by atoms with E-state index >= 15 is 0 Å². The van der Waals surface area contributed by atoms with Gasteiger partial charge in [0.15, 0.2) is 5.79 Å². The van der Waals surface area contributed by atoms with Gasteiger partial charge in [-0.1, -0.05) is 0 Å². The highest BCUT2D eigenvalue weighted by Crippen LogP contribution is 2.38. The second kappa shape index (κ2) is 4.84. The largest absolute Gasteiger partial charge is 0.347 e. The number of nitrogens with zero attached hydrogens (tertiary/aromatic N) is 1. The Morgan fingerprint density at radius 3 is 2.53 bits per heavy atom. The van der Waals surface area contributed by atoms with Crippen LogP contribution in [0.25, 0.3) is 0 Å². The van der Waals surface area contributed by atoms with Crippen LogP contribution >= 0.6 is 0 Å². The molecule has 4 nitrogen and oxygen atoms in total. The van der Waals surface area contributed by atoms with Gasteiger partial charge in [-0.05, 0) is 39.4 Å². The molecule has 2 saturated heterocycles. The predicted octanol–water partition coefficient (Wildman–Crippen LogP) is 0.966. The molecule has 0 aromatic rings. The van der Waals surface area contributed by atoms with E-state index in [-0.39, 0.29) is 5.79 Å². The van der Waals surface area contributed by atoms with Crippen molar-refractivity contribution in [2.75, 3.05) is 33.4 Å². The van der Waals surface area contributed by atoms with Crippen LogP contribution < -0.4 is 5.32 Å². The summed E-state index contributed by atoms with van der Waals surface area (Å²) in [5, 5.41) is 3.48. The third-order valence-electron chi connectivity index (χ3n) is 4.61. The Balaban J connectivity index is 1.67. The zero-order chi connectivity index (χ0) is 11.7. The Hall–Kier alpha value is -0.160. The summed E-state index contributed by atoms with van der Waals surface area (Å²) >= 11 is 0. The van der Waals surface area contributed by atoms with E-state index in [1.807, 2.05) is 0 Å². The Bertz CT molecular complexity index is 260. The van der Waals surface area contributed by atoms with Gasteiger partial charge in [-0.2, -0.15) is 0 Å². The van der Waals surface area contributed by atoms with Crippen LogP contribution in [0.1, 0.15) is 32.1 Å². The number of hydrogen-bond donors (Lipinski definition) is 1. The topological polar surface area (TPSA) is 33.7 Å². The average molecular weight is 240 g/mol. The molecule has 0 bridgehead atoms. The van der Waals surface area contributed by atoms with Crippen LogP contribution in [-0.2, 0) is 9.47 Å². The quantitative estimate of drug-likeness (QED) is 0.780. The fraction of sp³-hybridized carbons (Fsp3) is 1.00. The van der Waals surface area contributed by atoms with E-state index in [1.165, 1.54) is 32.4 Å². The van der Waals surface area contributed by atoms with Crippen molar-refractivity contribution in [3.63, 3.8) is 0 Å². The highest BCUT2D eigenvalue weighted by molar-refractivity contribution is 4.96. The van der Waals surface area contributed by atoms with Gasteiger partial charge in [0.1, 0.15) is 0 Å². The molecule has 1 N–H and O–H groups in total. The molecule has 2 aliphatic heterocycles. The van der Waals surface area contributed by atoms with Crippen molar-refractivity contribution in [2.24, 2.45) is 0 Å². The van der Waals surface area contributed by atoms with Crippen LogP contribution in [0.2, 0.25) is 0 Å². The van der Waals surface area contributed by atoms with E-state index in [9.17, 15) is 0 Å². The SMILES string of the molecule is CN[C@@H]1CC2(CC[C@H]1N1CCCC1)OCCO2. The van der Waals surface area contributed by atoms with Crippen LogP contribution in [0.4, 0.5) is 0 Å². The van der Waals surface area contributed by atoms with E-state index in [2.05, 4.69) is 17.3 Å². The Morgan fingerprint density at radius 2 is 1.88 bits per heavy atom. The molecule has 3 aliphatic rings. The average Bonchev–Trinajstić information content (AvgIpc) is 3.01. The van der Waals surface area contributed by atoms with Crippen molar-refractivity contribution >= 4 is 0 Å². The van der Waals surface area contributed by atoms with Crippen molar-refractivity contribution in [1.29, 1.82) is 0 Å². The smallest absolute Gasteiger partial charge is 0.170 e. The van der Waals surface area contributed by atoms with Crippen molar-refractivity contribution in [3.8, 4) is 0 Å². The highest BCUT2D eigenvalue weighted by atomic mass is 16.7. The third kappa shape index (κ3) is 2.24. The van der Waals surface area contributed by atoms with Gasteiger partial charge in [0.2, 0.25) is 0 Å². The minimum atomic E-state index is -0.260. The molecule has 3 fully saturated rings. The normalized spacial score (nSPS) is 37.9. The second-order valence-electron chi connectivity index (χ2n) is 5.56. The first-order valence-electron chi connectivity index (χ1n) is 7.02. The molecular formula is C13H24N2O2. The van der Waals surface area contributed by atoms with E-state index in [0.29, 0.717) is 12.1 Å². The number of likely N-dealkylation sites (tertiary alicyclic amines) is 1. The molecule has 2 heterocycles. The zero-order valence-corrected chi connectivity index (χ0v) is 10.8. The van der Waals surface area contributed by atoms with Gasteiger partial charge in [0.25, 0.3) is 0 Å². The van der Waals surface area contributed by atoms with Crippen molar-refractivity contribution in [3.05, 3.63) is 0 Å². The molecule has 0 aromatic carbocycles. The van der Waals surface area contributed by atoms with Gasteiger partial charge in [0, 0.05) is 24.9 Å². The fourth-order valence-electron chi connectivity index (χ4n) is 3.71. The Kier molecular flexibility index (Phi) is 3.39. The number of rotatable bonds is 2. The lowest BCUT2D eigenvalue weighted by Crippen LogP contribution is -2.56. The van der Waals surface area contributed by atoms with E-state index < -0.39 is 0 Å². The van der Waals surface area contributed by atoms with Gasteiger partial charge in [-0.3, -0.25) is 4.90 Å². The first-order valence-corrected chi connectivity index (χ1v) is 7.02. The highest BCUT2D eigenvalue weighted by Gasteiger charge is 2.46. The molecular weight excluding hydrogens is 216 g/mol. The van der Waals surface area contributed by atoms with Crippen LogP contribution in [0.3, 0.4) is 0 Å². The zero-order valence-electron chi connectivity index (χ0n) is 10.8. The molecule has 0 unspecified atom stereocenters. The number of ether oxygens (including phenoxy) is 2. The first kappa shape index (κ1) is 11.9. The minimum Gasteiger partial charge on any atom is -0.347 e. The maximum absolute atomic E-state index is 5.84. The summed E-state index contributed by atoms with van der Waals surface area (Å²) < 4.78 is 11.7. The van der Waals surface area contributed by atoms with E-state index in [1.54, 1.807) is 0 Å². The maximum Gasteiger partial charge on any atom is 0.170 e. The number of nitrogens with one attached hydrogen (secondary N) is 1. The molecule has 1 spiro atoms. The van der Waals surface area contributed by atoms with Crippen molar-refractivity contribution in [2.45, 2.75) is 50.0 Å². The van der Waals surface area contributed by atoms with Crippen LogP contribution in [0.15, 0.2) is 0 Å². The molecule has 1 aliphatic carbocycles. The van der Waals surface area contributed by atoms with E-state index in [0.717, 1.165) is 26.1 Å². The van der Waals surface area contributed by atoms with Crippen LogP contribution in [-0.4, -0.2) is 56.1 Å². The summed E-state index contributed by atoms with van der Waals surface area (Å²) in [6, 6.07) is 1.20. The summed E-state index contributed by atoms with van der Waals surface area (Å²) in [6.07, 6.45) is 6.00. The molecule has 0 aromatic heterocycles. The molecule has 0 radical (unpaired) electrons. The van der Waals surface area contributed by atoms with Crippen LogP contribution in [0.5, 0.6) is 0 Å². The van der Waals surface area contributed by atoms with Crippen molar-refractivity contribution < 1.29 is 9.47 Å². The predicted molar refractivity (Wildman–Crippen MR) is 65.9 cm³/mol. The van der Waals surface area contributed by atoms with Crippen molar-refractivity contribution in [1.82, 2.24) is 10.2 Å². The lowest BCUT2D eigenvalue weighted by molar-refractivity contribution is -0.189. The molecule has 0 amide bonds. The van der Waals surface area contributed by atoms with Gasteiger partial charge in [-0.25, -0.2) is 0 Å².